The summed E-state index contributed by atoms with van der Waals surface area (Å²) in [5, 5.41) is 0.408. The Morgan fingerprint density at radius 3 is 2.44 bits per heavy atom. The molecular weight excluding hydrogens is 313 g/mol. The summed E-state index contributed by atoms with van der Waals surface area (Å²) in [7, 11) is -3.48. The van der Waals surface area contributed by atoms with Crippen molar-refractivity contribution in [3.63, 3.8) is 0 Å². The van der Waals surface area contributed by atoms with Gasteiger partial charge in [-0.3, -0.25) is 0 Å². The van der Waals surface area contributed by atoms with Crippen LogP contribution in [0.15, 0.2) is 35.2 Å². The number of hydrogen-bond acceptors (Lipinski definition) is 4. The van der Waals surface area contributed by atoms with E-state index >= 15 is 0 Å². The van der Waals surface area contributed by atoms with Crippen LogP contribution in [0.4, 0.5) is 5.69 Å². The second kappa shape index (κ2) is 5.09. The topological polar surface area (TPSA) is 60.2 Å². The quantitative estimate of drug-likeness (QED) is 0.878. The molecule has 18 heavy (non-hydrogen) atoms. The highest BCUT2D eigenvalue weighted by Gasteiger charge is 2.19. The van der Waals surface area contributed by atoms with Crippen LogP contribution in [0.2, 0.25) is 9.36 Å². The van der Waals surface area contributed by atoms with Crippen LogP contribution in [0.5, 0.6) is 0 Å². The van der Waals surface area contributed by atoms with E-state index in [-0.39, 0.29) is 16.3 Å². The smallest absolute Gasteiger partial charge is 0.185 e. The second-order valence-corrected chi connectivity index (χ2v) is 7.84. The molecule has 0 amide bonds. The van der Waals surface area contributed by atoms with Crippen molar-refractivity contribution >= 4 is 50.1 Å². The Kier molecular flexibility index (Phi) is 3.87. The molecule has 0 saturated heterocycles. The van der Waals surface area contributed by atoms with E-state index in [1.54, 1.807) is 12.1 Å². The van der Waals surface area contributed by atoms with Gasteiger partial charge in [0.1, 0.15) is 0 Å². The molecule has 2 aromatic rings. The zero-order chi connectivity index (χ0) is 13.3. The van der Waals surface area contributed by atoms with E-state index in [2.05, 4.69) is 0 Å². The van der Waals surface area contributed by atoms with Gasteiger partial charge in [0, 0.05) is 9.90 Å². The van der Waals surface area contributed by atoms with Gasteiger partial charge in [-0.25, -0.2) is 8.42 Å². The van der Waals surface area contributed by atoms with Crippen LogP contribution in [-0.2, 0) is 15.6 Å². The number of rotatable bonds is 3. The van der Waals surface area contributed by atoms with Crippen LogP contribution >= 0.6 is 34.5 Å². The lowest BCUT2D eigenvalue weighted by Gasteiger charge is -2.06. The van der Waals surface area contributed by atoms with Crippen LogP contribution in [0.3, 0.4) is 0 Å². The van der Waals surface area contributed by atoms with E-state index in [1.165, 1.54) is 29.5 Å². The predicted molar refractivity (Wildman–Crippen MR) is 76.1 cm³/mol. The third kappa shape index (κ3) is 2.98. The predicted octanol–water partition coefficient (Wildman–Crippen LogP) is 3.61. The first kappa shape index (κ1) is 13.7. The Hall–Kier alpha value is -0.750. The van der Waals surface area contributed by atoms with Gasteiger partial charge in [0.2, 0.25) is 0 Å². The highest BCUT2D eigenvalue weighted by atomic mass is 35.5. The fraction of sp³-hybridized carbons (Fsp3) is 0.0909. The average Bonchev–Trinajstić information content (AvgIpc) is 2.62. The standard InChI is InChI=1S/C11H9Cl2NO2S2/c12-7-1-3-10(9(14)5-7)18(15,16)6-8-2-4-11(13)17-8/h1-5H,6,14H2. The van der Waals surface area contributed by atoms with Crippen molar-refractivity contribution in [1.82, 2.24) is 0 Å². The second-order valence-electron chi connectivity index (χ2n) is 3.65. The Morgan fingerprint density at radius 1 is 1.17 bits per heavy atom. The molecule has 0 atom stereocenters. The number of hydrogen-bond donors (Lipinski definition) is 1. The summed E-state index contributed by atoms with van der Waals surface area (Å²) in [5.74, 6) is -0.115. The molecule has 96 valence electrons. The van der Waals surface area contributed by atoms with E-state index in [9.17, 15) is 8.42 Å². The molecular formula is C11H9Cl2NO2S2. The Balaban J connectivity index is 2.36. The molecule has 0 unspecified atom stereocenters. The van der Waals surface area contributed by atoms with Gasteiger partial charge >= 0.3 is 0 Å². The lowest BCUT2D eigenvalue weighted by Crippen LogP contribution is -2.07. The number of thiophene rings is 1. The van der Waals surface area contributed by atoms with Gasteiger partial charge in [0.05, 0.1) is 20.7 Å². The van der Waals surface area contributed by atoms with E-state index in [0.717, 1.165) is 0 Å². The normalized spacial score (nSPS) is 11.7. The van der Waals surface area contributed by atoms with Crippen LogP contribution in [0.1, 0.15) is 4.88 Å². The van der Waals surface area contributed by atoms with Crippen molar-refractivity contribution in [2.24, 2.45) is 0 Å². The molecule has 0 aliphatic carbocycles. The Labute approximate surface area is 119 Å². The first-order chi connectivity index (χ1) is 8.38. The van der Waals surface area contributed by atoms with Crippen molar-refractivity contribution in [2.45, 2.75) is 10.6 Å². The van der Waals surface area contributed by atoms with E-state index in [0.29, 0.717) is 14.2 Å². The lowest BCUT2D eigenvalue weighted by molar-refractivity contribution is 0.596. The van der Waals surface area contributed by atoms with Gasteiger partial charge in [-0.05, 0) is 30.3 Å². The van der Waals surface area contributed by atoms with Gasteiger partial charge in [-0.2, -0.15) is 0 Å². The first-order valence-electron chi connectivity index (χ1n) is 4.90. The molecule has 0 aliphatic rings. The molecule has 1 aromatic carbocycles. The first-order valence-corrected chi connectivity index (χ1v) is 8.13. The summed E-state index contributed by atoms with van der Waals surface area (Å²) in [6, 6.07) is 7.71. The van der Waals surface area contributed by atoms with Crippen LogP contribution in [0, 0.1) is 0 Å². The van der Waals surface area contributed by atoms with E-state index < -0.39 is 9.84 Å². The minimum Gasteiger partial charge on any atom is -0.398 e. The molecule has 0 spiro atoms. The number of anilines is 1. The average molecular weight is 322 g/mol. The van der Waals surface area contributed by atoms with Crippen molar-refractivity contribution in [2.75, 3.05) is 5.73 Å². The van der Waals surface area contributed by atoms with Crippen LogP contribution < -0.4 is 5.73 Å². The summed E-state index contributed by atoms with van der Waals surface area (Å²) in [6.45, 7) is 0. The Morgan fingerprint density at radius 2 is 1.89 bits per heavy atom. The van der Waals surface area contributed by atoms with Crippen LogP contribution in [-0.4, -0.2) is 8.42 Å². The number of halogens is 2. The van der Waals surface area contributed by atoms with Crippen molar-refractivity contribution in [3.8, 4) is 0 Å². The maximum atomic E-state index is 12.2. The summed E-state index contributed by atoms with van der Waals surface area (Å²) in [6.07, 6.45) is 0. The highest BCUT2D eigenvalue weighted by Crippen LogP contribution is 2.29. The molecule has 1 aromatic heterocycles. The molecule has 3 nitrogen and oxygen atoms in total. The minimum absolute atomic E-state index is 0.0939. The molecule has 0 radical (unpaired) electrons. The van der Waals surface area contributed by atoms with Gasteiger partial charge < -0.3 is 5.73 Å². The maximum Gasteiger partial charge on any atom is 0.185 e. The number of sulfone groups is 1. The summed E-state index contributed by atoms with van der Waals surface area (Å²) in [5.41, 5.74) is 5.84. The van der Waals surface area contributed by atoms with Crippen molar-refractivity contribution in [1.29, 1.82) is 0 Å². The van der Waals surface area contributed by atoms with Gasteiger partial charge in [-0.1, -0.05) is 23.2 Å². The summed E-state index contributed by atoms with van der Waals surface area (Å²) >= 11 is 12.7. The zero-order valence-corrected chi connectivity index (χ0v) is 12.2. The van der Waals surface area contributed by atoms with Gasteiger partial charge in [0.15, 0.2) is 9.84 Å². The largest absolute Gasteiger partial charge is 0.398 e. The number of benzene rings is 1. The number of nitrogens with two attached hydrogens (primary N) is 1. The summed E-state index contributed by atoms with van der Waals surface area (Å²) in [4.78, 5) is 0.769. The summed E-state index contributed by atoms with van der Waals surface area (Å²) < 4.78 is 24.9. The molecule has 2 N–H and O–H groups in total. The van der Waals surface area contributed by atoms with E-state index in [1.807, 2.05) is 0 Å². The fourth-order valence-corrected chi connectivity index (χ4v) is 4.58. The van der Waals surface area contributed by atoms with E-state index in [4.69, 9.17) is 28.9 Å². The molecule has 2 rings (SSSR count). The zero-order valence-electron chi connectivity index (χ0n) is 9.06. The monoisotopic (exact) mass is 321 g/mol. The molecule has 0 bridgehead atoms. The SMILES string of the molecule is Nc1cc(Cl)ccc1S(=O)(=O)Cc1ccc(Cl)s1. The molecule has 7 heteroatoms. The third-order valence-electron chi connectivity index (χ3n) is 2.27. The highest BCUT2D eigenvalue weighted by molar-refractivity contribution is 7.91. The minimum atomic E-state index is -3.48. The molecule has 0 saturated carbocycles. The Bertz CT molecular complexity index is 680. The fourth-order valence-electron chi connectivity index (χ4n) is 1.50. The lowest BCUT2D eigenvalue weighted by atomic mass is 10.3. The third-order valence-corrected chi connectivity index (χ3v) is 5.65. The molecule has 1 heterocycles. The van der Waals surface area contributed by atoms with Crippen molar-refractivity contribution in [3.05, 3.63) is 44.6 Å². The van der Waals surface area contributed by atoms with Gasteiger partial charge in [0.25, 0.3) is 0 Å². The number of nitrogen functional groups attached to an aromatic ring is 1. The molecule has 0 fully saturated rings. The van der Waals surface area contributed by atoms with Gasteiger partial charge in [-0.15, -0.1) is 11.3 Å². The molecule has 0 aliphatic heterocycles. The van der Waals surface area contributed by atoms with Crippen molar-refractivity contribution < 1.29 is 8.42 Å². The van der Waals surface area contributed by atoms with Crippen LogP contribution in [0.25, 0.3) is 0 Å². The maximum absolute atomic E-state index is 12.2.